The lowest BCUT2D eigenvalue weighted by atomic mass is 10.1. The number of unbranched alkanes of at least 4 members (excludes halogenated alkanes) is 9. The molecule has 1 unspecified atom stereocenters. The summed E-state index contributed by atoms with van der Waals surface area (Å²) in [6.07, 6.45) is 13.9. The number of guanidine groups is 1. The number of aliphatic carboxylic acids is 2. The predicted octanol–water partition coefficient (Wildman–Crippen LogP) is 2.83. The highest BCUT2D eigenvalue weighted by molar-refractivity contribution is 5.75. The van der Waals surface area contributed by atoms with Crippen LogP contribution in [0.3, 0.4) is 0 Å². The van der Waals surface area contributed by atoms with Crippen molar-refractivity contribution < 1.29 is 19.8 Å². The summed E-state index contributed by atoms with van der Waals surface area (Å²) in [5.74, 6) is -1.65. The van der Waals surface area contributed by atoms with E-state index in [-0.39, 0.29) is 5.96 Å². The molecule has 1 atom stereocenters. The van der Waals surface area contributed by atoms with Crippen LogP contribution in [-0.4, -0.2) is 40.7 Å². The highest BCUT2D eigenvalue weighted by atomic mass is 16.4. The van der Waals surface area contributed by atoms with Gasteiger partial charge in [-0.05, 0) is 19.3 Å². The fourth-order valence-corrected chi connectivity index (χ4v) is 2.41. The van der Waals surface area contributed by atoms with Crippen LogP contribution in [0.4, 0.5) is 0 Å². The van der Waals surface area contributed by atoms with Crippen LogP contribution in [0.2, 0.25) is 0 Å². The third-order valence-electron chi connectivity index (χ3n) is 4.03. The Morgan fingerprint density at radius 3 is 1.74 bits per heavy atom. The highest BCUT2D eigenvalue weighted by Crippen LogP contribution is 2.11. The van der Waals surface area contributed by atoms with Gasteiger partial charge in [0.2, 0.25) is 0 Å². The van der Waals surface area contributed by atoms with Gasteiger partial charge < -0.3 is 27.4 Å². The van der Waals surface area contributed by atoms with Crippen molar-refractivity contribution in [2.24, 2.45) is 22.2 Å². The first kappa shape index (κ1) is 27.4. The number of carbonyl (C=O) groups is 2. The molecular formula is C19H40N4O4. The van der Waals surface area contributed by atoms with Crippen molar-refractivity contribution in [2.75, 3.05) is 6.54 Å². The highest BCUT2D eigenvalue weighted by Gasteiger charge is 2.09. The van der Waals surface area contributed by atoms with Crippen molar-refractivity contribution in [2.45, 2.75) is 96.4 Å². The Balaban J connectivity index is 0. The zero-order valence-corrected chi connectivity index (χ0v) is 16.9. The van der Waals surface area contributed by atoms with Gasteiger partial charge in [-0.1, -0.05) is 64.7 Å². The molecule has 0 heterocycles. The van der Waals surface area contributed by atoms with E-state index < -0.39 is 18.0 Å². The molecule has 8 nitrogen and oxygen atoms in total. The molecule has 27 heavy (non-hydrogen) atoms. The minimum atomic E-state index is -1.00. The number of aliphatic imine (C=N–C) groups is 1. The average molecular weight is 389 g/mol. The van der Waals surface area contributed by atoms with Gasteiger partial charge in [-0.15, -0.1) is 0 Å². The molecule has 0 aliphatic heterocycles. The van der Waals surface area contributed by atoms with Gasteiger partial charge in [-0.2, -0.15) is 0 Å². The number of carboxylic acids is 2. The zero-order chi connectivity index (χ0) is 20.9. The molecule has 0 aromatic carbocycles. The molecule has 0 fully saturated rings. The number of hydrogen-bond acceptors (Lipinski definition) is 4. The summed E-state index contributed by atoms with van der Waals surface area (Å²) in [7, 11) is 0. The van der Waals surface area contributed by atoms with Gasteiger partial charge in [0.25, 0.3) is 0 Å². The smallest absolute Gasteiger partial charge is 0.320 e. The van der Waals surface area contributed by atoms with Crippen molar-refractivity contribution in [3.05, 3.63) is 0 Å². The normalized spacial score (nSPS) is 11.2. The minimum absolute atomic E-state index is 0.0129. The van der Waals surface area contributed by atoms with Crippen LogP contribution in [0.1, 0.15) is 90.4 Å². The number of nitrogens with zero attached hydrogens (tertiary/aromatic N) is 1. The molecule has 0 saturated carbocycles. The maximum atomic E-state index is 10.2. The quantitative estimate of drug-likeness (QED) is 0.154. The number of carboxylic acid groups (broad SMARTS) is 2. The molecule has 8 heteroatoms. The summed E-state index contributed by atoms with van der Waals surface area (Å²) < 4.78 is 0. The molecule has 0 aliphatic rings. The average Bonchev–Trinajstić information content (AvgIpc) is 2.60. The molecule has 0 radical (unpaired) electrons. The van der Waals surface area contributed by atoms with Crippen molar-refractivity contribution in [1.29, 1.82) is 0 Å². The van der Waals surface area contributed by atoms with Gasteiger partial charge >= 0.3 is 11.9 Å². The summed E-state index contributed by atoms with van der Waals surface area (Å²) in [6, 6.07) is -0.820. The Bertz CT molecular complexity index is 399. The third-order valence-corrected chi connectivity index (χ3v) is 4.03. The fraction of sp³-hybridized carbons (Fsp3) is 0.842. The number of hydrogen-bond donors (Lipinski definition) is 5. The lowest BCUT2D eigenvalue weighted by Crippen LogP contribution is -2.30. The Morgan fingerprint density at radius 2 is 1.33 bits per heavy atom. The molecular weight excluding hydrogens is 348 g/mol. The Hall–Kier alpha value is -1.83. The van der Waals surface area contributed by atoms with Crippen LogP contribution in [0.15, 0.2) is 4.99 Å². The Kier molecular flexibility index (Phi) is 20.8. The van der Waals surface area contributed by atoms with E-state index in [2.05, 4.69) is 11.9 Å². The second-order valence-electron chi connectivity index (χ2n) is 6.72. The van der Waals surface area contributed by atoms with Crippen LogP contribution >= 0.6 is 0 Å². The summed E-state index contributed by atoms with van der Waals surface area (Å²) in [6.45, 7) is 2.66. The monoisotopic (exact) mass is 388 g/mol. The molecule has 0 rings (SSSR count). The van der Waals surface area contributed by atoms with E-state index in [0.29, 0.717) is 25.8 Å². The van der Waals surface area contributed by atoms with E-state index in [9.17, 15) is 9.59 Å². The second kappa shape index (κ2) is 20.5. The molecule has 0 aromatic rings. The van der Waals surface area contributed by atoms with Gasteiger partial charge in [0.1, 0.15) is 6.04 Å². The molecule has 0 saturated heterocycles. The molecule has 0 aliphatic carbocycles. The largest absolute Gasteiger partial charge is 0.481 e. The van der Waals surface area contributed by atoms with E-state index in [1.54, 1.807) is 0 Å². The van der Waals surface area contributed by atoms with E-state index in [1.165, 1.54) is 51.4 Å². The predicted molar refractivity (Wildman–Crippen MR) is 110 cm³/mol. The Morgan fingerprint density at radius 1 is 0.852 bits per heavy atom. The zero-order valence-electron chi connectivity index (χ0n) is 16.9. The summed E-state index contributed by atoms with van der Waals surface area (Å²) >= 11 is 0. The number of nitrogens with two attached hydrogens (primary N) is 3. The minimum Gasteiger partial charge on any atom is -0.481 e. The van der Waals surface area contributed by atoms with Gasteiger partial charge in [0.15, 0.2) is 5.96 Å². The van der Waals surface area contributed by atoms with Crippen LogP contribution in [0, 0.1) is 0 Å². The molecule has 0 bridgehead atoms. The molecule has 0 aromatic heterocycles. The topological polar surface area (TPSA) is 165 Å². The first-order chi connectivity index (χ1) is 12.8. The summed E-state index contributed by atoms with van der Waals surface area (Å²) in [4.78, 5) is 24.1. The standard InChI is InChI=1S/C13H26O2.C6H14N4O2/c1-2-3-4-5-6-7-8-9-10-11-12-13(14)15;7-4(5(11)12)2-1-3-10-6(8)9/h2-12H2,1H3,(H,14,15);4H,1-3,7H2,(H,11,12)(H4,8,9,10). The van der Waals surface area contributed by atoms with E-state index >= 15 is 0 Å². The maximum absolute atomic E-state index is 10.2. The van der Waals surface area contributed by atoms with Crippen molar-refractivity contribution in [3.63, 3.8) is 0 Å². The van der Waals surface area contributed by atoms with Crippen LogP contribution in [0.25, 0.3) is 0 Å². The third kappa shape index (κ3) is 26.5. The summed E-state index contributed by atoms with van der Waals surface area (Å²) in [5.41, 5.74) is 15.3. The summed E-state index contributed by atoms with van der Waals surface area (Å²) in [5, 5.41) is 16.8. The lowest BCUT2D eigenvalue weighted by Gasteiger charge is -2.03. The number of rotatable bonds is 16. The van der Waals surface area contributed by atoms with E-state index in [0.717, 1.165) is 12.8 Å². The maximum Gasteiger partial charge on any atom is 0.320 e. The molecule has 160 valence electrons. The van der Waals surface area contributed by atoms with Crippen LogP contribution < -0.4 is 17.2 Å². The molecule has 0 spiro atoms. The molecule has 0 amide bonds. The molecule has 8 N–H and O–H groups in total. The first-order valence-corrected chi connectivity index (χ1v) is 10.1. The van der Waals surface area contributed by atoms with E-state index in [4.69, 9.17) is 27.4 Å². The lowest BCUT2D eigenvalue weighted by molar-refractivity contribution is -0.139. The van der Waals surface area contributed by atoms with Gasteiger partial charge in [0.05, 0.1) is 0 Å². The fourth-order valence-electron chi connectivity index (χ4n) is 2.41. The van der Waals surface area contributed by atoms with Crippen molar-refractivity contribution >= 4 is 17.9 Å². The van der Waals surface area contributed by atoms with Crippen molar-refractivity contribution in [1.82, 2.24) is 0 Å². The van der Waals surface area contributed by atoms with Crippen LogP contribution in [-0.2, 0) is 9.59 Å². The van der Waals surface area contributed by atoms with Crippen LogP contribution in [0.5, 0.6) is 0 Å². The van der Waals surface area contributed by atoms with E-state index in [1.807, 2.05) is 0 Å². The second-order valence-corrected chi connectivity index (χ2v) is 6.72. The SMILES string of the molecule is CCCCCCCCCCCCC(=O)O.NC(N)=NCCCC(N)C(=O)O. The van der Waals surface area contributed by atoms with Gasteiger partial charge in [-0.3, -0.25) is 14.6 Å². The first-order valence-electron chi connectivity index (χ1n) is 10.1. The van der Waals surface area contributed by atoms with Gasteiger partial charge in [0, 0.05) is 13.0 Å². The van der Waals surface area contributed by atoms with Crippen molar-refractivity contribution in [3.8, 4) is 0 Å². The van der Waals surface area contributed by atoms with Gasteiger partial charge in [-0.25, -0.2) is 0 Å². The Labute approximate surface area is 163 Å².